The molecular formula is C24H31F5N4O4S. The van der Waals surface area contributed by atoms with Crippen molar-refractivity contribution in [2.24, 2.45) is 5.92 Å². The third kappa shape index (κ3) is 7.64. The molecule has 1 aliphatic rings. The van der Waals surface area contributed by atoms with Gasteiger partial charge in [-0.3, -0.25) is 9.36 Å². The maximum Gasteiger partial charge on any atom is 0.389 e. The number of aryl methyl sites for hydroxylation is 2. The van der Waals surface area contributed by atoms with Crippen LogP contribution >= 0.6 is 0 Å². The SMILES string of the molecule is CCc1nc(C(=O)NCC2CCC(S(C)(=O)=O)CC2)c(C)n1-c1ncc(CCC(F)(F)F)cc1OC(F)F. The second-order valence-electron chi connectivity index (χ2n) is 9.49. The molecule has 0 saturated heterocycles. The first-order valence-corrected chi connectivity index (χ1v) is 14.2. The van der Waals surface area contributed by atoms with Crippen LogP contribution in [0.5, 0.6) is 5.75 Å². The quantitative estimate of drug-likeness (QED) is 0.423. The molecule has 1 N–H and O–H groups in total. The number of imidazole rings is 1. The molecule has 1 saturated carbocycles. The van der Waals surface area contributed by atoms with Gasteiger partial charge >= 0.3 is 12.8 Å². The Kier molecular flexibility index (Phi) is 9.37. The number of nitrogens with one attached hydrogen (secondary N) is 1. The second kappa shape index (κ2) is 12.0. The molecule has 0 aliphatic heterocycles. The number of hydrogen-bond donors (Lipinski definition) is 1. The fourth-order valence-corrected chi connectivity index (χ4v) is 5.76. The predicted molar refractivity (Wildman–Crippen MR) is 129 cm³/mol. The third-order valence-corrected chi connectivity index (χ3v) is 8.36. The lowest BCUT2D eigenvalue weighted by molar-refractivity contribution is -0.134. The molecule has 38 heavy (non-hydrogen) atoms. The van der Waals surface area contributed by atoms with Crippen molar-refractivity contribution in [1.82, 2.24) is 19.9 Å². The molecule has 0 spiro atoms. The number of carbonyl (C=O) groups excluding carboxylic acids is 1. The molecule has 0 radical (unpaired) electrons. The average molecular weight is 567 g/mol. The van der Waals surface area contributed by atoms with Crippen LogP contribution in [0.2, 0.25) is 0 Å². The monoisotopic (exact) mass is 566 g/mol. The zero-order chi connectivity index (χ0) is 28.3. The molecule has 0 aromatic carbocycles. The van der Waals surface area contributed by atoms with Crippen molar-refractivity contribution in [3.8, 4) is 11.6 Å². The zero-order valence-electron chi connectivity index (χ0n) is 21.3. The normalized spacial score (nSPS) is 18.6. The Morgan fingerprint density at radius 1 is 1.24 bits per heavy atom. The summed E-state index contributed by atoms with van der Waals surface area (Å²) >= 11 is 0. The average Bonchev–Trinajstić information content (AvgIpc) is 3.16. The van der Waals surface area contributed by atoms with E-state index in [1.165, 1.54) is 10.8 Å². The fourth-order valence-electron chi connectivity index (χ4n) is 4.63. The fraction of sp³-hybridized carbons (Fsp3) is 0.625. The molecule has 2 heterocycles. The summed E-state index contributed by atoms with van der Waals surface area (Å²) in [6.45, 7) is 0.382. The van der Waals surface area contributed by atoms with Crippen LogP contribution in [0.25, 0.3) is 5.82 Å². The zero-order valence-corrected chi connectivity index (χ0v) is 22.1. The number of carbonyl (C=O) groups is 1. The number of halogens is 5. The molecule has 0 atom stereocenters. The van der Waals surface area contributed by atoms with Gasteiger partial charge in [0, 0.05) is 31.8 Å². The minimum atomic E-state index is -4.42. The maximum atomic E-state index is 13.2. The highest BCUT2D eigenvalue weighted by atomic mass is 32.2. The maximum absolute atomic E-state index is 13.2. The highest BCUT2D eigenvalue weighted by Gasteiger charge is 2.30. The van der Waals surface area contributed by atoms with Crippen LogP contribution in [0.4, 0.5) is 22.0 Å². The Morgan fingerprint density at radius 3 is 2.45 bits per heavy atom. The molecular weight excluding hydrogens is 535 g/mol. The Bertz CT molecular complexity index is 1240. The van der Waals surface area contributed by atoms with Crippen LogP contribution in [0.1, 0.15) is 66.6 Å². The Balaban J connectivity index is 1.81. The minimum absolute atomic E-state index is 0.0533. The Hall–Kier alpha value is -2.77. The molecule has 1 aliphatic carbocycles. The minimum Gasteiger partial charge on any atom is -0.431 e. The number of pyridine rings is 1. The van der Waals surface area contributed by atoms with E-state index in [-0.39, 0.29) is 28.2 Å². The van der Waals surface area contributed by atoms with Crippen molar-refractivity contribution < 1.29 is 39.9 Å². The molecule has 0 unspecified atom stereocenters. The summed E-state index contributed by atoms with van der Waals surface area (Å²) in [5, 5.41) is 2.46. The van der Waals surface area contributed by atoms with Crippen LogP contribution in [-0.2, 0) is 22.7 Å². The largest absolute Gasteiger partial charge is 0.431 e. The number of sulfone groups is 1. The highest BCUT2D eigenvalue weighted by Crippen LogP contribution is 2.31. The van der Waals surface area contributed by atoms with E-state index in [0.717, 1.165) is 12.3 Å². The van der Waals surface area contributed by atoms with Gasteiger partial charge in [-0.05, 0) is 56.6 Å². The van der Waals surface area contributed by atoms with E-state index in [1.54, 1.807) is 13.8 Å². The summed E-state index contributed by atoms with van der Waals surface area (Å²) in [6, 6.07) is 1.09. The van der Waals surface area contributed by atoms with Crippen molar-refractivity contribution in [2.75, 3.05) is 12.8 Å². The predicted octanol–water partition coefficient (Wildman–Crippen LogP) is 4.57. The summed E-state index contributed by atoms with van der Waals surface area (Å²) in [5.74, 6) is -0.581. The summed E-state index contributed by atoms with van der Waals surface area (Å²) in [5.41, 5.74) is 0.425. The van der Waals surface area contributed by atoms with E-state index in [0.29, 0.717) is 50.2 Å². The number of ether oxygens (including phenoxy) is 1. The molecule has 1 fully saturated rings. The number of alkyl halides is 5. The van der Waals surface area contributed by atoms with Gasteiger partial charge in [0.05, 0.1) is 10.9 Å². The van der Waals surface area contributed by atoms with Gasteiger partial charge in [0.1, 0.15) is 21.4 Å². The van der Waals surface area contributed by atoms with Crippen LogP contribution in [0.15, 0.2) is 12.3 Å². The van der Waals surface area contributed by atoms with E-state index in [9.17, 15) is 35.2 Å². The first kappa shape index (κ1) is 29.8. The van der Waals surface area contributed by atoms with Gasteiger partial charge in [0.25, 0.3) is 5.91 Å². The molecule has 1 amide bonds. The van der Waals surface area contributed by atoms with Crippen LogP contribution in [0, 0.1) is 12.8 Å². The van der Waals surface area contributed by atoms with E-state index >= 15 is 0 Å². The van der Waals surface area contributed by atoms with Crippen LogP contribution in [0.3, 0.4) is 0 Å². The van der Waals surface area contributed by atoms with E-state index in [1.807, 2.05) is 0 Å². The van der Waals surface area contributed by atoms with Gasteiger partial charge in [0.15, 0.2) is 11.6 Å². The number of aromatic nitrogens is 3. The topological polar surface area (TPSA) is 103 Å². The molecule has 212 valence electrons. The lowest BCUT2D eigenvalue weighted by Gasteiger charge is -2.27. The Morgan fingerprint density at radius 2 is 1.89 bits per heavy atom. The van der Waals surface area contributed by atoms with Crippen molar-refractivity contribution >= 4 is 15.7 Å². The second-order valence-corrected chi connectivity index (χ2v) is 11.8. The van der Waals surface area contributed by atoms with Gasteiger partial charge in [0.2, 0.25) is 0 Å². The summed E-state index contributed by atoms with van der Waals surface area (Å²) in [4.78, 5) is 21.5. The van der Waals surface area contributed by atoms with E-state index in [2.05, 4.69) is 20.0 Å². The Labute approximate surface area is 217 Å². The first-order chi connectivity index (χ1) is 17.7. The van der Waals surface area contributed by atoms with Gasteiger partial charge in [-0.2, -0.15) is 22.0 Å². The smallest absolute Gasteiger partial charge is 0.389 e. The van der Waals surface area contributed by atoms with Gasteiger partial charge in [-0.25, -0.2) is 18.4 Å². The summed E-state index contributed by atoms with van der Waals surface area (Å²) in [6.07, 6.45) is -0.961. The van der Waals surface area contributed by atoms with Crippen LogP contribution in [-0.4, -0.2) is 59.7 Å². The third-order valence-electron chi connectivity index (χ3n) is 6.67. The van der Waals surface area contributed by atoms with Gasteiger partial charge in [-0.1, -0.05) is 6.92 Å². The lowest BCUT2D eigenvalue weighted by atomic mass is 9.89. The molecule has 8 nitrogen and oxygen atoms in total. The number of rotatable bonds is 10. The first-order valence-electron chi connectivity index (χ1n) is 12.3. The molecule has 2 aromatic rings. The van der Waals surface area contributed by atoms with Crippen molar-refractivity contribution in [3.63, 3.8) is 0 Å². The van der Waals surface area contributed by atoms with Crippen molar-refractivity contribution in [1.29, 1.82) is 0 Å². The number of hydrogen-bond acceptors (Lipinski definition) is 6. The molecule has 0 bridgehead atoms. The molecule has 2 aromatic heterocycles. The number of nitrogens with zero attached hydrogens (tertiary/aromatic N) is 3. The summed E-state index contributed by atoms with van der Waals surface area (Å²) < 4.78 is 93.7. The molecule has 3 rings (SSSR count). The van der Waals surface area contributed by atoms with Gasteiger partial charge in [-0.15, -0.1) is 0 Å². The lowest BCUT2D eigenvalue weighted by Crippen LogP contribution is -2.34. The standard InChI is InChI=1S/C24H31F5N4O4S/c1-4-19-32-20(22(34)31-12-15-5-7-17(8-6-15)38(3,35)36)14(2)33(19)21-18(37-23(25)26)11-16(13-30-21)9-10-24(27,28)29/h11,13,15,17,23H,4-10,12H2,1-3H3,(H,31,34). The van der Waals surface area contributed by atoms with Gasteiger partial charge < -0.3 is 10.1 Å². The van der Waals surface area contributed by atoms with Crippen LogP contribution < -0.4 is 10.1 Å². The van der Waals surface area contributed by atoms with E-state index in [4.69, 9.17) is 0 Å². The van der Waals surface area contributed by atoms with E-state index < -0.39 is 47.1 Å². The number of amides is 1. The highest BCUT2D eigenvalue weighted by molar-refractivity contribution is 7.91. The molecule has 14 heteroatoms. The summed E-state index contributed by atoms with van der Waals surface area (Å²) in [7, 11) is -3.10. The van der Waals surface area contributed by atoms with Crippen molar-refractivity contribution in [2.45, 2.75) is 76.8 Å². The van der Waals surface area contributed by atoms with Crippen molar-refractivity contribution in [3.05, 3.63) is 35.0 Å².